The number of carbonyl (C=O) groups excluding carboxylic acids is 1. The molecule has 0 aliphatic carbocycles. The van der Waals surface area contributed by atoms with Crippen LogP contribution in [0.3, 0.4) is 0 Å². The summed E-state index contributed by atoms with van der Waals surface area (Å²) in [5.74, 6) is -1.30. The van der Waals surface area contributed by atoms with E-state index in [2.05, 4.69) is 0 Å². The Kier molecular flexibility index (Phi) is 3.89. The smallest absolute Gasteiger partial charge is 0.336 e. The van der Waals surface area contributed by atoms with Gasteiger partial charge in [-0.15, -0.1) is 0 Å². The molecule has 0 heterocycles. The van der Waals surface area contributed by atoms with Crippen molar-refractivity contribution in [2.24, 2.45) is 0 Å². The average molecular weight is 235 g/mol. The van der Waals surface area contributed by atoms with E-state index < -0.39 is 5.97 Å². The Balaban J connectivity index is 3.45. The van der Waals surface area contributed by atoms with Crippen molar-refractivity contribution in [2.45, 2.75) is 20.8 Å². The summed E-state index contributed by atoms with van der Waals surface area (Å²) in [5, 5.41) is 9.20. The average Bonchev–Trinajstić information content (AvgIpc) is 2.29. The Labute approximate surface area is 101 Å². The van der Waals surface area contributed by atoms with Crippen LogP contribution in [0.15, 0.2) is 12.1 Å². The molecule has 0 aliphatic rings. The molecule has 1 aromatic rings. The third kappa shape index (κ3) is 2.46. The van der Waals surface area contributed by atoms with Gasteiger partial charge in [-0.2, -0.15) is 0 Å². The number of aromatic carboxylic acids is 1. The number of carboxylic acid groups (broad SMARTS) is 1. The fourth-order valence-electron chi connectivity index (χ4n) is 1.70. The number of benzene rings is 1. The number of amides is 1. The van der Waals surface area contributed by atoms with Gasteiger partial charge in [-0.1, -0.05) is 12.1 Å². The molecule has 0 saturated carbocycles. The van der Waals surface area contributed by atoms with Crippen molar-refractivity contribution in [3.63, 3.8) is 0 Å². The van der Waals surface area contributed by atoms with E-state index in [-0.39, 0.29) is 11.5 Å². The van der Waals surface area contributed by atoms with Crippen molar-refractivity contribution in [2.75, 3.05) is 13.6 Å². The minimum atomic E-state index is -1.06. The molecule has 0 unspecified atom stereocenters. The second kappa shape index (κ2) is 4.99. The predicted molar refractivity (Wildman–Crippen MR) is 65.5 cm³/mol. The van der Waals surface area contributed by atoms with Crippen molar-refractivity contribution in [3.05, 3.63) is 34.4 Å². The highest BCUT2D eigenvalue weighted by Gasteiger charge is 2.22. The summed E-state index contributed by atoms with van der Waals surface area (Å²) < 4.78 is 0. The number of nitrogens with zero attached hydrogens (tertiary/aromatic N) is 1. The van der Waals surface area contributed by atoms with E-state index in [4.69, 9.17) is 0 Å². The number of aryl methyl sites for hydroxylation is 2. The molecular weight excluding hydrogens is 218 g/mol. The van der Waals surface area contributed by atoms with Crippen LogP contribution in [0.4, 0.5) is 0 Å². The largest absolute Gasteiger partial charge is 0.478 e. The van der Waals surface area contributed by atoms with Gasteiger partial charge in [0.15, 0.2) is 0 Å². The van der Waals surface area contributed by atoms with Crippen molar-refractivity contribution in [1.82, 2.24) is 4.90 Å². The molecular formula is C13H17NO3. The first-order valence-electron chi connectivity index (χ1n) is 5.49. The maximum absolute atomic E-state index is 12.1. The molecule has 0 saturated heterocycles. The van der Waals surface area contributed by atoms with Gasteiger partial charge in [-0.3, -0.25) is 4.79 Å². The van der Waals surface area contributed by atoms with E-state index in [0.717, 1.165) is 0 Å². The van der Waals surface area contributed by atoms with Gasteiger partial charge in [0.05, 0.1) is 11.1 Å². The second-order valence-electron chi connectivity index (χ2n) is 4.07. The Morgan fingerprint density at radius 2 is 1.65 bits per heavy atom. The van der Waals surface area contributed by atoms with Gasteiger partial charge in [-0.05, 0) is 31.9 Å². The molecule has 92 valence electrons. The zero-order valence-corrected chi connectivity index (χ0v) is 10.6. The highest BCUT2D eigenvalue weighted by Crippen LogP contribution is 2.20. The van der Waals surface area contributed by atoms with Crippen LogP contribution in [-0.4, -0.2) is 35.5 Å². The molecule has 4 heteroatoms. The Morgan fingerprint density at radius 3 is 2.06 bits per heavy atom. The summed E-state index contributed by atoms with van der Waals surface area (Å²) in [6.45, 7) is 5.85. The van der Waals surface area contributed by atoms with Crippen molar-refractivity contribution in [3.8, 4) is 0 Å². The minimum Gasteiger partial charge on any atom is -0.478 e. The standard InChI is InChI=1S/C13H17NO3/c1-5-14(4)12(15)10-8(2)6-7-9(3)11(10)13(16)17/h6-7H,5H2,1-4H3,(H,16,17). The molecule has 0 aliphatic heterocycles. The first-order chi connectivity index (χ1) is 7.90. The van der Waals surface area contributed by atoms with Crippen LogP contribution in [-0.2, 0) is 0 Å². The summed E-state index contributed by atoms with van der Waals surface area (Å²) in [4.78, 5) is 24.9. The van der Waals surface area contributed by atoms with E-state index in [1.165, 1.54) is 4.90 Å². The van der Waals surface area contributed by atoms with Crippen LogP contribution in [0.25, 0.3) is 0 Å². The number of carboxylic acids is 1. The zero-order chi connectivity index (χ0) is 13.2. The molecule has 1 rings (SSSR count). The number of rotatable bonds is 3. The zero-order valence-electron chi connectivity index (χ0n) is 10.6. The maximum atomic E-state index is 12.1. The monoisotopic (exact) mass is 235 g/mol. The fourth-order valence-corrected chi connectivity index (χ4v) is 1.70. The van der Waals surface area contributed by atoms with E-state index >= 15 is 0 Å². The molecule has 0 fully saturated rings. The Morgan fingerprint density at radius 1 is 1.18 bits per heavy atom. The summed E-state index contributed by atoms with van der Waals surface area (Å²) in [6.07, 6.45) is 0. The molecule has 0 radical (unpaired) electrons. The van der Waals surface area contributed by atoms with Crippen LogP contribution < -0.4 is 0 Å². The van der Waals surface area contributed by atoms with E-state index in [1.54, 1.807) is 33.0 Å². The highest BCUT2D eigenvalue weighted by molar-refractivity contribution is 6.06. The SMILES string of the molecule is CCN(C)C(=O)c1c(C)ccc(C)c1C(=O)O. The predicted octanol–water partition coefficient (Wildman–Crippen LogP) is 2.09. The Bertz CT molecular complexity index is 466. The molecule has 0 aromatic heterocycles. The van der Waals surface area contributed by atoms with Crippen LogP contribution >= 0.6 is 0 Å². The number of hydrogen-bond acceptors (Lipinski definition) is 2. The van der Waals surface area contributed by atoms with E-state index in [9.17, 15) is 14.7 Å². The summed E-state index contributed by atoms with van der Waals surface area (Å²) in [7, 11) is 1.66. The number of carbonyl (C=O) groups is 2. The highest BCUT2D eigenvalue weighted by atomic mass is 16.4. The lowest BCUT2D eigenvalue weighted by Crippen LogP contribution is -2.29. The van der Waals surface area contributed by atoms with Crippen LogP contribution in [0.2, 0.25) is 0 Å². The van der Waals surface area contributed by atoms with Crippen molar-refractivity contribution >= 4 is 11.9 Å². The lowest BCUT2D eigenvalue weighted by molar-refractivity contribution is 0.0681. The lowest BCUT2D eigenvalue weighted by atomic mass is 9.96. The molecule has 0 spiro atoms. The molecule has 4 nitrogen and oxygen atoms in total. The normalized spacial score (nSPS) is 10.1. The van der Waals surface area contributed by atoms with Crippen LogP contribution in [0, 0.1) is 13.8 Å². The Hall–Kier alpha value is -1.84. The topological polar surface area (TPSA) is 57.6 Å². The van der Waals surface area contributed by atoms with Gasteiger partial charge in [0.1, 0.15) is 0 Å². The fraction of sp³-hybridized carbons (Fsp3) is 0.385. The molecule has 1 N–H and O–H groups in total. The van der Waals surface area contributed by atoms with Gasteiger partial charge in [-0.25, -0.2) is 4.79 Å². The van der Waals surface area contributed by atoms with Gasteiger partial charge >= 0.3 is 5.97 Å². The van der Waals surface area contributed by atoms with Gasteiger partial charge in [0.25, 0.3) is 5.91 Å². The molecule has 0 atom stereocenters. The lowest BCUT2D eigenvalue weighted by Gasteiger charge is -2.18. The third-order valence-corrected chi connectivity index (χ3v) is 2.87. The summed E-state index contributed by atoms with van der Waals surface area (Å²) in [5.41, 5.74) is 1.70. The second-order valence-corrected chi connectivity index (χ2v) is 4.07. The minimum absolute atomic E-state index is 0.107. The summed E-state index contributed by atoms with van der Waals surface area (Å²) >= 11 is 0. The van der Waals surface area contributed by atoms with Gasteiger partial charge < -0.3 is 10.0 Å². The van der Waals surface area contributed by atoms with E-state index in [1.807, 2.05) is 6.92 Å². The van der Waals surface area contributed by atoms with E-state index in [0.29, 0.717) is 23.2 Å². The molecule has 1 aromatic carbocycles. The number of hydrogen-bond donors (Lipinski definition) is 1. The maximum Gasteiger partial charge on any atom is 0.336 e. The molecule has 17 heavy (non-hydrogen) atoms. The third-order valence-electron chi connectivity index (χ3n) is 2.87. The first kappa shape index (κ1) is 13.2. The van der Waals surface area contributed by atoms with Crippen molar-refractivity contribution < 1.29 is 14.7 Å². The molecule has 0 bridgehead atoms. The van der Waals surface area contributed by atoms with Crippen molar-refractivity contribution in [1.29, 1.82) is 0 Å². The van der Waals surface area contributed by atoms with Gasteiger partial charge in [0.2, 0.25) is 0 Å². The van der Waals surface area contributed by atoms with Gasteiger partial charge in [0, 0.05) is 13.6 Å². The molecule has 1 amide bonds. The summed E-state index contributed by atoms with van der Waals surface area (Å²) in [6, 6.07) is 3.50. The van der Waals surface area contributed by atoms with Crippen LogP contribution in [0.1, 0.15) is 38.8 Å². The van der Waals surface area contributed by atoms with Crippen LogP contribution in [0.5, 0.6) is 0 Å². The quantitative estimate of drug-likeness (QED) is 0.872. The first-order valence-corrected chi connectivity index (χ1v) is 5.49.